The molecule has 1 aromatic carbocycles. The minimum absolute atomic E-state index is 0.0193. The Morgan fingerprint density at radius 1 is 1.47 bits per heavy atom. The van der Waals surface area contributed by atoms with E-state index in [1.165, 1.54) is 0 Å². The molecule has 0 saturated heterocycles. The Morgan fingerprint density at radius 3 is 2.87 bits per heavy atom. The van der Waals surface area contributed by atoms with Crippen molar-refractivity contribution in [3.05, 3.63) is 35.4 Å². The number of carbonyl (C=O) groups is 1. The summed E-state index contributed by atoms with van der Waals surface area (Å²) in [5, 5.41) is 11.3. The smallest absolute Gasteiger partial charge is 0.317 e. The van der Waals surface area contributed by atoms with Gasteiger partial charge in [-0.25, -0.2) is 0 Å². The minimum Gasteiger partial charge on any atom is -0.480 e. The lowest BCUT2D eigenvalue weighted by molar-refractivity contribution is -0.135. The quantitative estimate of drug-likeness (QED) is 0.734. The SMILES string of the molecule is COCc1cccc(CNCC(=O)O)c1. The molecular formula is C11H15NO3. The molecule has 0 aliphatic heterocycles. The number of hydrogen-bond acceptors (Lipinski definition) is 3. The molecule has 2 N–H and O–H groups in total. The number of methoxy groups -OCH3 is 1. The van der Waals surface area contributed by atoms with Gasteiger partial charge in [0, 0.05) is 13.7 Å². The van der Waals surface area contributed by atoms with Gasteiger partial charge in [0.15, 0.2) is 0 Å². The van der Waals surface area contributed by atoms with Gasteiger partial charge in [0.1, 0.15) is 0 Å². The molecule has 1 aromatic rings. The fourth-order valence-electron chi connectivity index (χ4n) is 1.31. The Kier molecular flexibility index (Phi) is 4.80. The molecule has 0 radical (unpaired) electrons. The number of nitrogens with one attached hydrogen (secondary N) is 1. The number of hydrogen-bond donors (Lipinski definition) is 2. The molecule has 0 aromatic heterocycles. The van der Waals surface area contributed by atoms with E-state index >= 15 is 0 Å². The van der Waals surface area contributed by atoms with E-state index in [-0.39, 0.29) is 6.54 Å². The number of benzene rings is 1. The van der Waals surface area contributed by atoms with Crippen molar-refractivity contribution >= 4 is 5.97 Å². The van der Waals surface area contributed by atoms with Gasteiger partial charge >= 0.3 is 5.97 Å². The zero-order valence-corrected chi connectivity index (χ0v) is 8.69. The lowest BCUT2D eigenvalue weighted by atomic mass is 10.1. The van der Waals surface area contributed by atoms with Gasteiger partial charge in [-0.05, 0) is 11.1 Å². The van der Waals surface area contributed by atoms with Crippen molar-refractivity contribution in [2.75, 3.05) is 13.7 Å². The van der Waals surface area contributed by atoms with Crippen molar-refractivity contribution in [2.24, 2.45) is 0 Å². The molecule has 0 heterocycles. The average Bonchev–Trinajstić information content (AvgIpc) is 2.18. The standard InChI is InChI=1S/C11H15NO3/c1-15-8-10-4-2-3-9(5-10)6-12-7-11(13)14/h2-5,12H,6-8H2,1H3,(H,13,14). The normalized spacial score (nSPS) is 10.2. The molecule has 1 rings (SSSR count). The van der Waals surface area contributed by atoms with E-state index in [9.17, 15) is 4.79 Å². The number of carboxylic acids is 1. The maximum atomic E-state index is 10.3. The Hall–Kier alpha value is -1.39. The van der Waals surface area contributed by atoms with E-state index in [1.54, 1.807) is 7.11 Å². The fourth-order valence-corrected chi connectivity index (χ4v) is 1.31. The first-order valence-corrected chi connectivity index (χ1v) is 4.71. The predicted molar refractivity (Wildman–Crippen MR) is 56.5 cm³/mol. The third kappa shape index (κ3) is 4.58. The van der Waals surface area contributed by atoms with Crippen molar-refractivity contribution in [2.45, 2.75) is 13.2 Å². The minimum atomic E-state index is -0.844. The molecule has 0 spiro atoms. The van der Waals surface area contributed by atoms with Gasteiger partial charge < -0.3 is 15.2 Å². The molecule has 0 saturated carbocycles. The summed E-state index contributed by atoms with van der Waals surface area (Å²) in [4.78, 5) is 10.3. The summed E-state index contributed by atoms with van der Waals surface area (Å²) in [7, 11) is 1.65. The second-order valence-electron chi connectivity index (χ2n) is 3.25. The summed E-state index contributed by atoms with van der Waals surface area (Å²) in [5.41, 5.74) is 2.15. The molecule has 4 heteroatoms. The van der Waals surface area contributed by atoms with Crippen LogP contribution in [0, 0.1) is 0 Å². The number of ether oxygens (including phenoxy) is 1. The first-order valence-electron chi connectivity index (χ1n) is 4.71. The predicted octanol–water partition coefficient (Wildman–Crippen LogP) is 1.01. The number of rotatable bonds is 6. The zero-order valence-electron chi connectivity index (χ0n) is 8.69. The molecule has 0 aliphatic rings. The van der Waals surface area contributed by atoms with E-state index in [4.69, 9.17) is 9.84 Å². The number of aliphatic carboxylic acids is 1. The van der Waals surface area contributed by atoms with Gasteiger partial charge in [0.05, 0.1) is 13.2 Å². The maximum absolute atomic E-state index is 10.3. The van der Waals surface area contributed by atoms with Crippen LogP contribution < -0.4 is 5.32 Å². The van der Waals surface area contributed by atoms with Crippen LogP contribution in [0.1, 0.15) is 11.1 Å². The Labute approximate surface area is 88.9 Å². The maximum Gasteiger partial charge on any atom is 0.317 e. The molecule has 0 bridgehead atoms. The number of carboxylic acid groups (broad SMARTS) is 1. The van der Waals surface area contributed by atoms with Crippen LogP contribution in [0.3, 0.4) is 0 Å². The highest BCUT2D eigenvalue weighted by molar-refractivity contribution is 5.68. The lowest BCUT2D eigenvalue weighted by Crippen LogP contribution is -2.21. The van der Waals surface area contributed by atoms with Crippen molar-refractivity contribution in [3.8, 4) is 0 Å². The van der Waals surface area contributed by atoms with Crippen LogP contribution in [0.25, 0.3) is 0 Å². The summed E-state index contributed by atoms with van der Waals surface area (Å²) in [6.07, 6.45) is 0. The van der Waals surface area contributed by atoms with E-state index in [2.05, 4.69) is 5.32 Å². The van der Waals surface area contributed by atoms with E-state index < -0.39 is 5.97 Å². The first kappa shape index (κ1) is 11.7. The van der Waals surface area contributed by atoms with Crippen LogP contribution in [0.5, 0.6) is 0 Å². The summed E-state index contributed by atoms with van der Waals surface area (Å²) in [6, 6.07) is 7.86. The van der Waals surface area contributed by atoms with Gasteiger partial charge in [-0.1, -0.05) is 24.3 Å². The molecule has 0 aliphatic carbocycles. The highest BCUT2D eigenvalue weighted by Gasteiger charge is 1.98. The van der Waals surface area contributed by atoms with Crippen molar-refractivity contribution in [1.29, 1.82) is 0 Å². The van der Waals surface area contributed by atoms with E-state index in [1.807, 2.05) is 24.3 Å². The average molecular weight is 209 g/mol. The summed E-state index contributed by atoms with van der Waals surface area (Å²) in [5.74, 6) is -0.844. The van der Waals surface area contributed by atoms with E-state index in [0.29, 0.717) is 13.2 Å². The lowest BCUT2D eigenvalue weighted by Gasteiger charge is -2.05. The van der Waals surface area contributed by atoms with Crippen LogP contribution in [0.15, 0.2) is 24.3 Å². The summed E-state index contributed by atoms with van der Waals surface area (Å²) in [6.45, 7) is 1.12. The third-order valence-corrected chi connectivity index (χ3v) is 1.91. The summed E-state index contributed by atoms with van der Waals surface area (Å²) >= 11 is 0. The monoisotopic (exact) mass is 209 g/mol. The Bertz CT molecular complexity index is 325. The second kappa shape index (κ2) is 6.16. The van der Waals surface area contributed by atoms with Gasteiger partial charge in [0.2, 0.25) is 0 Å². The second-order valence-corrected chi connectivity index (χ2v) is 3.25. The largest absolute Gasteiger partial charge is 0.480 e. The molecule has 0 unspecified atom stereocenters. The third-order valence-electron chi connectivity index (χ3n) is 1.91. The molecule has 15 heavy (non-hydrogen) atoms. The van der Waals surface area contributed by atoms with E-state index in [0.717, 1.165) is 11.1 Å². The Balaban J connectivity index is 2.46. The highest BCUT2D eigenvalue weighted by Crippen LogP contribution is 2.05. The van der Waals surface area contributed by atoms with Crippen molar-refractivity contribution < 1.29 is 14.6 Å². The van der Waals surface area contributed by atoms with Gasteiger partial charge in [-0.3, -0.25) is 4.79 Å². The molecule has 0 atom stereocenters. The van der Waals surface area contributed by atoms with Crippen LogP contribution >= 0.6 is 0 Å². The van der Waals surface area contributed by atoms with Crippen LogP contribution in [-0.4, -0.2) is 24.7 Å². The molecule has 0 amide bonds. The van der Waals surface area contributed by atoms with Gasteiger partial charge in [0.25, 0.3) is 0 Å². The van der Waals surface area contributed by atoms with Crippen LogP contribution in [0.4, 0.5) is 0 Å². The van der Waals surface area contributed by atoms with Crippen molar-refractivity contribution in [3.63, 3.8) is 0 Å². The zero-order chi connectivity index (χ0) is 11.1. The molecular weight excluding hydrogens is 194 g/mol. The van der Waals surface area contributed by atoms with Crippen molar-refractivity contribution in [1.82, 2.24) is 5.32 Å². The van der Waals surface area contributed by atoms with Gasteiger partial charge in [-0.15, -0.1) is 0 Å². The topological polar surface area (TPSA) is 58.6 Å². The Morgan fingerprint density at radius 2 is 2.20 bits per heavy atom. The fraction of sp³-hybridized carbons (Fsp3) is 0.364. The molecule has 4 nitrogen and oxygen atoms in total. The van der Waals surface area contributed by atoms with Crippen LogP contribution in [-0.2, 0) is 22.7 Å². The summed E-state index contributed by atoms with van der Waals surface area (Å²) < 4.78 is 5.01. The highest BCUT2D eigenvalue weighted by atomic mass is 16.5. The van der Waals surface area contributed by atoms with Crippen LogP contribution in [0.2, 0.25) is 0 Å². The first-order chi connectivity index (χ1) is 7.22. The molecule has 82 valence electrons. The molecule has 0 fully saturated rings. The van der Waals surface area contributed by atoms with Gasteiger partial charge in [-0.2, -0.15) is 0 Å².